The van der Waals surface area contributed by atoms with Crippen LogP contribution in [-0.4, -0.2) is 33.6 Å². The summed E-state index contributed by atoms with van der Waals surface area (Å²) in [6.45, 7) is 5.28. The summed E-state index contributed by atoms with van der Waals surface area (Å²) < 4.78 is 11.2. The monoisotopic (exact) mass is 305 g/mol. The average Bonchev–Trinajstić information content (AvgIpc) is 2.79. The third kappa shape index (κ3) is 3.87. The summed E-state index contributed by atoms with van der Waals surface area (Å²) in [4.78, 5) is 15.9. The van der Waals surface area contributed by atoms with E-state index < -0.39 is 11.7 Å². The van der Waals surface area contributed by atoms with Crippen molar-refractivity contribution in [3.8, 4) is 5.75 Å². The normalized spacial score (nSPS) is 11.1. The summed E-state index contributed by atoms with van der Waals surface area (Å²) >= 11 is 0. The first-order valence-electron chi connectivity index (χ1n) is 6.65. The molecule has 1 heterocycles. The maximum Gasteiger partial charge on any atom is 0.438 e. The average molecular weight is 305 g/mol. The number of carbonyl (C=O) groups excluding carboxylic acids is 1. The molecule has 0 radical (unpaired) electrons. The van der Waals surface area contributed by atoms with Crippen LogP contribution in [0.2, 0.25) is 0 Å². The molecule has 2 aromatic rings. The van der Waals surface area contributed by atoms with E-state index in [1.54, 1.807) is 52.1 Å². The molecule has 0 fully saturated rings. The number of benzene rings is 1. The van der Waals surface area contributed by atoms with E-state index in [2.05, 4.69) is 15.4 Å². The number of hydrogen-bond acceptors (Lipinski definition) is 7. The second-order valence-electron chi connectivity index (χ2n) is 5.54. The van der Waals surface area contributed by atoms with Gasteiger partial charge in [-0.05, 0) is 45.0 Å². The van der Waals surface area contributed by atoms with Crippen molar-refractivity contribution in [3.05, 3.63) is 24.3 Å². The molecule has 0 bridgehead atoms. The van der Waals surface area contributed by atoms with Gasteiger partial charge < -0.3 is 20.5 Å². The minimum atomic E-state index is -0.680. The van der Waals surface area contributed by atoms with Gasteiger partial charge in [-0.1, -0.05) is 0 Å². The third-order valence-electron chi connectivity index (χ3n) is 2.54. The van der Waals surface area contributed by atoms with Gasteiger partial charge in [-0.3, -0.25) is 0 Å². The third-order valence-corrected chi connectivity index (χ3v) is 2.54. The molecule has 8 heteroatoms. The van der Waals surface area contributed by atoms with E-state index in [1.807, 2.05) is 0 Å². The molecule has 0 unspecified atom stereocenters. The SMILES string of the molecule is COc1ccc(Nc2nc(N)n(C(=O)OC(C)(C)C)n2)cc1. The molecule has 0 atom stereocenters. The molecule has 22 heavy (non-hydrogen) atoms. The Balaban J connectivity index is 2.13. The van der Waals surface area contributed by atoms with E-state index in [-0.39, 0.29) is 11.9 Å². The van der Waals surface area contributed by atoms with Gasteiger partial charge in [0.2, 0.25) is 11.9 Å². The second kappa shape index (κ2) is 5.92. The summed E-state index contributed by atoms with van der Waals surface area (Å²) in [5, 5.41) is 6.94. The summed E-state index contributed by atoms with van der Waals surface area (Å²) in [6.07, 6.45) is -0.680. The lowest BCUT2D eigenvalue weighted by atomic mass is 10.2. The zero-order valence-electron chi connectivity index (χ0n) is 13.0. The fourth-order valence-electron chi connectivity index (χ4n) is 1.62. The van der Waals surface area contributed by atoms with Crippen molar-refractivity contribution in [2.24, 2.45) is 0 Å². The van der Waals surface area contributed by atoms with E-state index in [0.717, 1.165) is 16.1 Å². The molecule has 1 aromatic carbocycles. The lowest BCUT2D eigenvalue weighted by molar-refractivity contribution is 0.0519. The maximum atomic E-state index is 11.9. The van der Waals surface area contributed by atoms with Crippen molar-refractivity contribution in [1.82, 2.24) is 14.8 Å². The molecule has 2 rings (SSSR count). The fraction of sp³-hybridized carbons (Fsp3) is 0.357. The van der Waals surface area contributed by atoms with Crippen LogP contribution in [0.15, 0.2) is 24.3 Å². The van der Waals surface area contributed by atoms with Crippen molar-refractivity contribution >= 4 is 23.7 Å². The quantitative estimate of drug-likeness (QED) is 0.897. The Bertz CT molecular complexity index is 658. The zero-order valence-corrected chi connectivity index (χ0v) is 13.0. The Morgan fingerprint density at radius 3 is 2.45 bits per heavy atom. The molecule has 0 aliphatic carbocycles. The number of nitrogens with one attached hydrogen (secondary N) is 1. The first-order valence-corrected chi connectivity index (χ1v) is 6.65. The largest absolute Gasteiger partial charge is 0.497 e. The van der Waals surface area contributed by atoms with Crippen molar-refractivity contribution < 1.29 is 14.3 Å². The maximum absolute atomic E-state index is 11.9. The van der Waals surface area contributed by atoms with Gasteiger partial charge in [-0.2, -0.15) is 4.98 Å². The summed E-state index contributed by atoms with van der Waals surface area (Å²) in [5.74, 6) is 0.885. The number of aromatic nitrogens is 3. The molecular formula is C14H19N5O3. The minimum absolute atomic E-state index is 0.0507. The molecule has 8 nitrogen and oxygen atoms in total. The number of nitrogens with zero attached hydrogens (tertiary/aromatic N) is 3. The predicted octanol–water partition coefficient (Wildman–Crippen LogP) is 2.40. The molecule has 118 valence electrons. The summed E-state index contributed by atoms with van der Waals surface area (Å²) in [7, 11) is 1.59. The number of anilines is 3. The van der Waals surface area contributed by atoms with Gasteiger partial charge >= 0.3 is 6.09 Å². The van der Waals surface area contributed by atoms with Gasteiger partial charge in [0, 0.05) is 5.69 Å². The van der Waals surface area contributed by atoms with E-state index in [1.165, 1.54) is 0 Å². The van der Waals surface area contributed by atoms with E-state index in [0.29, 0.717) is 0 Å². The number of nitrogen functional groups attached to an aromatic ring is 1. The van der Waals surface area contributed by atoms with Crippen LogP contribution in [0.3, 0.4) is 0 Å². The fourth-order valence-corrected chi connectivity index (χ4v) is 1.62. The van der Waals surface area contributed by atoms with Crippen LogP contribution in [0.4, 0.5) is 22.4 Å². The van der Waals surface area contributed by atoms with Crippen LogP contribution in [0.25, 0.3) is 0 Å². The topological polar surface area (TPSA) is 104 Å². The first-order chi connectivity index (χ1) is 10.3. The highest BCUT2D eigenvalue weighted by Crippen LogP contribution is 2.19. The van der Waals surface area contributed by atoms with Gasteiger partial charge in [0.25, 0.3) is 0 Å². The number of carbonyl (C=O) groups is 1. The van der Waals surface area contributed by atoms with Crippen LogP contribution in [0, 0.1) is 0 Å². The predicted molar refractivity (Wildman–Crippen MR) is 82.3 cm³/mol. The Kier molecular flexibility index (Phi) is 4.20. The van der Waals surface area contributed by atoms with Crippen LogP contribution in [0.5, 0.6) is 5.75 Å². The molecular weight excluding hydrogens is 286 g/mol. The van der Waals surface area contributed by atoms with Crippen LogP contribution >= 0.6 is 0 Å². The molecule has 0 amide bonds. The summed E-state index contributed by atoms with van der Waals surface area (Å²) in [6, 6.07) is 7.17. The van der Waals surface area contributed by atoms with Crippen LogP contribution < -0.4 is 15.8 Å². The molecule has 0 saturated heterocycles. The molecule has 0 spiro atoms. The van der Waals surface area contributed by atoms with E-state index in [9.17, 15) is 4.79 Å². The van der Waals surface area contributed by atoms with Gasteiger partial charge in [0.15, 0.2) is 0 Å². The van der Waals surface area contributed by atoms with Crippen molar-refractivity contribution in [3.63, 3.8) is 0 Å². The van der Waals surface area contributed by atoms with Gasteiger partial charge in [0.05, 0.1) is 7.11 Å². The van der Waals surface area contributed by atoms with Gasteiger partial charge in [-0.25, -0.2) is 4.79 Å². The minimum Gasteiger partial charge on any atom is -0.497 e. The zero-order chi connectivity index (χ0) is 16.3. The highest BCUT2D eigenvalue weighted by atomic mass is 16.6. The Morgan fingerprint density at radius 2 is 1.91 bits per heavy atom. The molecule has 0 saturated carbocycles. The summed E-state index contributed by atoms with van der Waals surface area (Å²) in [5.41, 5.74) is 5.79. The molecule has 0 aliphatic rings. The lowest BCUT2D eigenvalue weighted by Gasteiger charge is -2.18. The van der Waals surface area contributed by atoms with Crippen LogP contribution in [0.1, 0.15) is 20.8 Å². The molecule has 0 aliphatic heterocycles. The smallest absolute Gasteiger partial charge is 0.438 e. The standard InChI is InChI=1S/C14H19N5O3/c1-14(2,3)22-13(20)19-11(15)17-12(18-19)16-9-5-7-10(21-4)8-6-9/h5-8H,1-4H3,(H3,15,16,17,18). The first kappa shape index (κ1) is 15.6. The highest BCUT2D eigenvalue weighted by molar-refractivity contribution is 5.73. The van der Waals surface area contributed by atoms with Crippen molar-refractivity contribution in [1.29, 1.82) is 0 Å². The highest BCUT2D eigenvalue weighted by Gasteiger charge is 2.21. The van der Waals surface area contributed by atoms with Crippen molar-refractivity contribution in [2.75, 3.05) is 18.2 Å². The second-order valence-corrected chi connectivity index (χ2v) is 5.54. The number of rotatable bonds is 3. The number of hydrogen-bond donors (Lipinski definition) is 2. The van der Waals surface area contributed by atoms with Crippen LogP contribution in [-0.2, 0) is 4.74 Å². The molecule has 3 N–H and O–H groups in total. The van der Waals surface area contributed by atoms with Gasteiger partial charge in [0.1, 0.15) is 11.4 Å². The number of methoxy groups -OCH3 is 1. The van der Waals surface area contributed by atoms with Gasteiger partial charge in [-0.15, -0.1) is 9.78 Å². The van der Waals surface area contributed by atoms with E-state index >= 15 is 0 Å². The van der Waals surface area contributed by atoms with Crippen molar-refractivity contribution in [2.45, 2.75) is 26.4 Å². The molecule has 1 aromatic heterocycles. The lowest BCUT2D eigenvalue weighted by Crippen LogP contribution is -2.28. The Hall–Kier alpha value is -2.77. The number of ether oxygens (including phenoxy) is 2. The number of nitrogens with two attached hydrogens (primary N) is 1. The Morgan fingerprint density at radius 1 is 1.27 bits per heavy atom. The Labute approximate surface area is 128 Å². The van der Waals surface area contributed by atoms with E-state index in [4.69, 9.17) is 15.2 Å².